The largest absolute Gasteiger partial charge is 0.342 e. The van der Waals surface area contributed by atoms with Crippen LogP contribution in [-0.4, -0.2) is 9.91 Å². The first-order valence-corrected chi connectivity index (χ1v) is 2.95. The lowest BCUT2D eigenvalue weighted by atomic mass is 10.4. The van der Waals surface area contributed by atoms with Crippen molar-refractivity contribution in [2.75, 3.05) is 0 Å². The minimum absolute atomic E-state index is 0.248. The molecule has 1 rings (SSSR count). The highest BCUT2D eigenvalue weighted by molar-refractivity contribution is 6.32. The first-order chi connectivity index (χ1) is 5.13. The van der Waals surface area contributed by atoms with Gasteiger partial charge in [-0.15, -0.1) is 0 Å². The van der Waals surface area contributed by atoms with E-state index in [4.69, 9.17) is 11.6 Å². The van der Waals surface area contributed by atoms with Crippen LogP contribution >= 0.6 is 11.6 Å². The van der Waals surface area contributed by atoms with E-state index in [1.165, 1.54) is 0 Å². The predicted octanol–water partition coefficient (Wildman–Crippen LogP) is 1.78. The van der Waals surface area contributed by atoms with Gasteiger partial charge in [-0.05, 0) is 6.07 Å². The topological polar surface area (TPSA) is 56.0 Å². The summed E-state index contributed by atoms with van der Waals surface area (Å²) in [6.07, 6.45) is 1.06. The first-order valence-electron chi connectivity index (χ1n) is 2.57. The van der Waals surface area contributed by atoms with Gasteiger partial charge in [-0.3, -0.25) is 10.1 Å². The van der Waals surface area contributed by atoms with Gasteiger partial charge in [0.1, 0.15) is 5.02 Å². The van der Waals surface area contributed by atoms with Crippen LogP contribution in [-0.2, 0) is 0 Å². The number of nitrogens with zero attached hydrogens (tertiary/aromatic N) is 2. The smallest absolute Gasteiger partial charge is 0.258 e. The Bertz CT molecular complexity index is 284. The molecule has 0 spiro atoms. The van der Waals surface area contributed by atoms with Crippen LogP contribution in [0.3, 0.4) is 0 Å². The van der Waals surface area contributed by atoms with Crippen molar-refractivity contribution in [3.63, 3.8) is 0 Å². The summed E-state index contributed by atoms with van der Waals surface area (Å²) in [7, 11) is 0. The minimum Gasteiger partial charge on any atom is -0.258 e. The number of aromatic nitrogens is 1. The number of hydrogen-bond acceptors (Lipinski definition) is 3. The molecule has 0 saturated carbocycles. The Labute approximate surface area is 65.8 Å². The molecule has 0 atom stereocenters. The molecule has 4 nitrogen and oxygen atoms in total. The van der Waals surface area contributed by atoms with Gasteiger partial charge in [0.2, 0.25) is 0 Å². The maximum absolute atomic E-state index is 12.5. The van der Waals surface area contributed by atoms with E-state index in [1.807, 2.05) is 0 Å². The van der Waals surface area contributed by atoms with Gasteiger partial charge in [-0.25, -0.2) is 4.98 Å². The number of hydrogen-bond donors (Lipinski definition) is 0. The fourth-order valence-corrected chi connectivity index (χ4v) is 0.773. The fraction of sp³-hybridized carbons (Fsp3) is 0. The van der Waals surface area contributed by atoms with Crippen LogP contribution in [0.1, 0.15) is 0 Å². The second-order valence-electron chi connectivity index (χ2n) is 1.69. The van der Waals surface area contributed by atoms with E-state index in [2.05, 4.69) is 4.98 Å². The van der Waals surface area contributed by atoms with Crippen LogP contribution < -0.4 is 0 Å². The SMILES string of the molecule is O=[N+]([O-])c1c(Cl)ccnc1F. The van der Waals surface area contributed by atoms with E-state index < -0.39 is 16.6 Å². The van der Waals surface area contributed by atoms with Crippen molar-refractivity contribution in [2.45, 2.75) is 0 Å². The molecule has 0 radical (unpaired) electrons. The average Bonchev–Trinajstić information content (AvgIpc) is 1.85. The van der Waals surface area contributed by atoms with Crippen LogP contribution in [0.5, 0.6) is 0 Å². The molecule has 0 fully saturated rings. The Kier molecular flexibility index (Phi) is 2.00. The van der Waals surface area contributed by atoms with Gasteiger partial charge in [-0.1, -0.05) is 11.6 Å². The van der Waals surface area contributed by atoms with Crippen molar-refractivity contribution in [1.29, 1.82) is 0 Å². The zero-order chi connectivity index (χ0) is 8.43. The van der Waals surface area contributed by atoms with Crippen LogP contribution in [0.2, 0.25) is 5.02 Å². The molecule has 6 heteroatoms. The summed E-state index contributed by atoms with van der Waals surface area (Å²) in [4.78, 5) is 12.2. The monoisotopic (exact) mass is 176 g/mol. The van der Waals surface area contributed by atoms with Gasteiger partial charge in [0.05, 0.1) is 4.92 Å². The van der Waals surface area contributed by atoms with E-state index >= 15 is 0 Å². The molecular weight excluding hydrogens is 175 g/mol. The Balaban J connectivity index is 3.32. The van der Waals surface area contributed by atoms with Crippen molar-refractivity contribution >= 4 is 17.3 Å². The highest BCUT2D eigenvalue weighted by Gasteiger charge is 2.19. The van der Waals surface area contributed by atoms with Crippen LogP contribution in [0.4, 0.5) is 10.1 Å². The molecule has 0 saturated heterocycles. The predicted molar refractivity (Wildman–Crippen MR) is 35.9 cm³/mol. The van der Waals surface area contributed by atoms with Crippen molar-refractivity contribution in [2.24, 2.45) is 0 Å². The standard InChI is InChI=1S/C5H2ClFN2O2/c6-3-1-2-8-5(7)4(3)9(10)11/h1-2H. The second kappa shape index (κ2) is 2.79. The van der Waals surface area contributed by atoms with Crippen LogP contribution in [0.15, 0.2) is 12.3 Å². The zero-order valence-corrected chi connectivity index (χ0v) is 5.88. The van der Waals surface area contributed by atoms with Gasteiger partial charge < -0.3 is 0 Å². The summed E-state index contributed by atoms with van der Waals surface area (Å²) < 4.78 is 12.5. The molecule has 0 bridgehead atoms. The van der Waals surface area contributed by atoms with E-state index in [-0.39, 0.29) is 5.02 Å². The molecule has 1 heterocycles. The summed E-state index contributed by atoms with van der Waals surface area (Å²) in [5.41, 5.74) is -0.783. The number of rotatable bonds is 1. The molecule has 0 unspecified atom stereocenters. The molecule has 0 aliphatic carbocycles. The maximum Gasteiger partial charge on any atom is 0.342 e. The third kappa shape index (κ3) is 1.43. The van der Waals surface area contributed by atoms with E-state index in [1.54, 1.807) is 0 Å². The van der Waals surface area contributed by atoms with Crippen molar-refractivity contribution in [1.82, 2.24) is 4.98 Å². The number of pyridine rings is 1. The molecule has 0 aromatic carbocycles. The minimum atomic E-state index is -1.16. The summed E-state index contributed by atoms with van der Waals surface area (Å²) in [6.45, 7) is 0. The third-order valence-corrected chi connectivity index (χ3v) is 1.32. The average molecular weight is 177 g/mol. The molecule has 0 N–H and O–H groups in total. The van der Waals surface area contributed by atoms with E-state index in [9.17, 15) is 14.5 Å². The summed E-state index contributed by atoms with van der Waals surface area (Å²) in [6, 6.07) is 1.16. The van der Waals surface area contributed by atoms with Gasteiger partial charge in [0.15, 0.2) is 0 Å². The molecule has 1 aromatic rings. The van der Waals surface area contributed by atoms with Gasteiger partial charge >= 0.3 is 5.69 Å². The van der Waals surface area contributed by atoms with E-state index in [0.717, 1.165) is 12.3 Å². The van der Waals surface area contributed by atoms with Crippen LogP contribution in [0.25, 0.3) is 0 Å². The molecule has 1 aromatic heterocycles. The summed E-state index contributed by atoms with van der Waals surface area (Å²) in [5.74, 6) is -1.16. The Morgan fingerprint density at radius 1 is 1.73 bits per heavy atom. The molecule has 58 valence electrons. The van der Waals surface area contributed by atoms with Gasteiger partial charge in [0, 0.05) is 6.20 Å². The molecule has 11 heavy (non-hydrogen) atoms. The highest BCUT2D eigenvalue weighted by atomic mass is 35.5. The zero-order valence-electron chi connectivity index (χ0n) is 5.12. The lowest BCUT2D eigenvalue weighted by Gasteiger charge is -1.93. The molecular formula is C5H2ClFN2O2. The van der Waals surface area contributed by atoms with E-state index in [0.29, 0.717) is 0 Å². The van der Waals surface area contributed by atoms with Crippen molar-refractivity contribution < 1.29 is 9.31 Å². The van der Waals surface area contributed by atoms with Crippen LogP contribution in [0, 0.1) is 16.1 Å². The highest BCUT2D eigenvalue weighted by Crippen LogP contribution is 2.24. The normalized spacial score (nSPS) is 9.64. The fourth-order valence-electron chi connectivity index (χ4n) is 0.569. The lowest BCUT2D eigenvalue weighted by Crippen LogP contribution is -1.95. The van der Waals surface area contributed by atoms with Crippen molar-refractivity contribution in [3.8, 4) is 0 Å². The van der Waals surface area contributed by atoms with Gasteiger partial charge in [0.25, 0.3) is 5.95 Å². The number of halogens is 2. The third-order valence-electron chi connectivity index (χ3n) is 1.01. The first kappa shape index (κ1) is 7.87. The van der Waals surface area contributed by atoms with Gasteiger partial charge in [-0.2, -0.15) is 4.39 Å². The molecule has 0 amide bonds. The maximum atomic E-state index is 12.5. The Morgan fingerprint density at radius 3 is 2.73 bits per heavy atom. The lowest BCUT2D eigenvalue weighted by molar-refractivity contribution is -0.387. The molecule has 0 aliphatic rings. The second-order valence-corrected chi connectivity index (χ2v) is 2.10. The molecule has 0 aliphatic heterocycles. The summed E-state index contributed by atoms with van der Waals surface area (Å²) in [5, 5.41) is 9.84. The number of nitro groups is 1. The Morgan fingerprint density at radius 2 is 2.36 bits per heavy atom. The Hall–Kier alpha value is -1.23. The quantitative estimate of drug-likeness (QED) is 0.372. The van der Waals surface area contributed by atoms with Crippen molar-refractivity contribution in [3.05, 3.63) is 33.3 Å². The summed E-state index contributed by atoms with van der Waals surface area (Å²) >= 11 is 5.30.